The van der Waals surface area contributed by atoms with E-state index in [0.29, 0.717) is 17.9 Å². The van der Waals surface area contributed by atoms with Gasteiger partial charge in [0.25, 0.3) is 0 Å². The zero-order valence-electron chi connectivity index (χ0n) is 20.4. The van der Waals surface area contributed by atoms with Crippen LogP contribution in [0.3, 0.4) is 0 Å². The Kier molecular flexibility index (Phi) is 12.8. The fourth-order valence-corrected chi connectivity index (χ4v) is 4.07. The molecule has 0 aromatic heterocycles. The molecule has 0 bridgehead atoms. The second kappa shape index (κ2) is 14.7. The van der Waals surface area contributed by atoms with Crippen LogP contribution < -0.4 is 10.1 Å². The Morgan fingerprint density at radius 3 is 1.97 bits per heavy atom. The van der Waals surface area contributed by atoms with Gasteiger partial charge >= 0.3 is 0 Å². The number of β-amino-alcohol motifs (C(OH)–C–C–N with tert-alkyl or cyclic N) is 1. The first-order chi connectivity index (χ1) is 15.9. The van der Waals surface area contributed by atoms with Crippen molar-refractivity contribution in [3.8, 4) is 11.8 Å². The van der Waals surface area contributed by atoms with Crippen LogP contribution in [0.1, 0.15) is 36.6 Å². The number of aliphatic hydroxyl groups is 1. The van der Waals surface area contributed by atoms with Gasteiger partial charge in [0.15, 0.2) is 0 Å². The van der Waals surface area contributed by atoms with Gasteiger partial charge in [-0.2, -0.15) is 5.26 Å². The Labute approximate surface area is 221 Å². The maximum atomic E-state index is 10.5. The fourth-order valence-electron chi connectivity index (χ4n) is 4.07. The number of rotatable bonds is 11. The second-order valence-corrected chi connectivity index (χ2v) is 8.98. The molecule has 0 heterocycles. The monoisotopic (exact) mass is 515 g/mol. The molecule has 0 aliphatic heterocycles. The van der Waals surface area contributed by atoms with Crippen LogP contribution in [0.4, 0.5) is 0 Å². The molecule has 3 aromatic carbocycles. The summed E-state index contributed by atoms with van der Waals surface area (Å²) in [5, 5.41) is 23.1. The molecule has 7 heteroatoms. The van der Waals surface area contributed by atoms with E-state index in [2.05, 4.69) is 85.7 Å². The van der Waals surface area contributed by atoms with Gasteiger partial charge in [0.05, 0.1) is 11.6 Å². The molecule has 3 aromatic rings. The van der Waals surface area contributed by atoms with Gasteiger partial charge in [-0.05, 0) is 44.2 Å². The Hall–Kier alpha value is -2.59. The first-order valence-electron chi connectivity index (χ1n) is 11.2. The Balaban J connectivity index is 0.00000306. The average Bonchev–Trinajstić information content (AvgIpc) is 2.83. The molecule has 0 fully saturated rings. The van der Waals surface area contributed by atoms with E-state index in [1.165, 1.54) is 11.1 Å². The number of nitrogens with one attached hydrogen (secondary N) is 1. The number of halogens is 2. The lowest BCUT2D eigenvalue weighted by atomic mass is 9.95. The number of nitrogens with zero attached hydrogens (tertiary/aromatic N) is 2. The molecule has 5 nitrogen and oxygen atoms in total. The minimum absolute atomic E-state index is 0. The molecule has 3 rings (SSSR count). The summed E-state index contributed by atoms with van der Waals surface area (Å²) in [4.78, 5) is 2.34. The van der Waals surface area contributed by atoms with Crippen LogP contribution >= 0.6 is 24.8 Å². The van der Waals surface area contributed by atoms with Gasteiger partial charge < -0.3 is 15.2 Å². The molecular weight excluding hydrogens is 481 g/mol. The van der Waals surface area contributed by atoms with E-state index in [1.807, 2.05) is 18.2 Å². The van der Waals surface area contributed by atoms with E-state index in [4.69, 9.17) is 4.74 Å². The topological polar surface area (TPSA) is 68.5 Å². The van der Waals surface area contributed by atoms with Crippen LogP contribution in [0.2, 0.25) is 0 Å². The van der Waals surface area contributed by atoms with Crippen molar-refractivity contribution in [3.63, 3.8) is 0 Å². The minimum atomic E-state index is -0.694. The number of hydrogen-bond donors (Lipinski definition) is 2. The summed E-state index contributed by atoms with van der Waals surface area (Å²) in [7, 11) is 2.13. The average molecular weight is 517 g/mol. The van der Waals surface area contributed by atoms with Crippen molar-refractivity contribution >= 4 is 24.8 Å². The van der Waals surface area contributed by atoms with Crippen molar-refractivity contribution in [2.75, 3.05) is 26.7 Å². The number of nitriles is 1. The van der Waals surface area contributed by atoms with E-state index in [1.54, 1.807) is 18.2 Å². The molecule has 0 aliphatic carbocycles. The van der Waals surface area contributed by atoms with Gasteiger partial charge in [0.1, 0.15) is 24.5 Å². The van der Waals surface area contributed by atoms with Crippen LogP contribution in [0.25, 0.3) is 0 Å². The second-order valence-electron chi connectivity index (χ2n) is 8.98. The van der Waals surface area contributed by atoms with Gasteiger partial charge in [-0.1, -0.05) is 72.8 Å². The van der Waals surface area contributed by atoms with Crippen LogP contribution in [0.5, 0.6) is 5.75 Å². The lowest BCUT2D eigenvalue weighted by Crippen LogP contribution is -2.51. The number of benzene rings is 3. The van der Waals surface area contributed by atoms with Gasteiger partial charge in [-0.15, -0.1) is 24.8 Å². The maximum absolute atomic E-state index is 10.5. The Morgan fingerprint density at radius 2 is 1.43 bits per heavy atom. The van der Waals surface area contributed by atoms with Gasteiger partial charge in [-0.3, -0.25) is 4.90 Å². The van der Waals surface area contributed by atoms with Gasteiger partial charge in [-0.25, -0.2) is 0 Å². The number of hydrogen-bond acceptors (Lipinski definition) is 5. The molecule has 0 amide bonds. The smallest absolute Gasteiger partial charge is 0.137 e. The van der Waals surface area contributed by atoms with Crippen molar-refractivity contribution in [1.82, 2.24) is 10.2 Å². The van der Waals surface area contributed by atoms with Crippen molar-refractivity contribution in [2.24, 2.45) is 0 Å². The largest absolute Gasteiger partial charge is 0.489 e. The molecule has 0 saturated heterocycles. The lowest BCUT2D eigenvalue weighted by Gasteiger charge is -2.37. The zero-order valence-corrected chi connectivity index (χ0v) is 22.1. The highest BCUT2D eigenvalue weighted by Gasteiger charge is 2.26. The van der Waals surface area contributed by atoms with Crippen molar-refractivity contribution in [1.29, 1.82) is 5.26 Å². The van der Waals surface area contributed by atoms with Gasteiger partial charge in [0, 0.05) is 18.6 Å². The third-order valence-corrected chi connectivity index (χ3v) is 5.57. The third kappa shape index (κ3) is 9.18. The molecule has 0 spiro atoms. The summed E-state index contributed by atoms with van der Waals surface area (Å²) in [5.41, 5.74) is 2.70. The van der Waals surface area contributed by atoms with Gasteiger partial charge in [0.2, 0.25) is 0 Å². The van der Waals surface area contributed by atoms with E-state index in [9.17, 15) is 10.4 Å². The van der Waals surface area contributed by atoms with Crippen LogP contribution in [0.15, 0.2) is 84.9 Å². The number of aliphatic hydroxyl groups excluding tert-OH is 1. The summed E-state index contributed by atoms with van der Waals surface area (Å²) in [5.74, 6) is 0.492. The molecule has 0 saturated carbocycles. The predicted molar refractivity (Wildman–Crippen MR) is 147 cm³/mol. The lowest BCUT2D eigenvalue weighted by molar-refractivity contribution is 0.0934. The molecule has 0 radical (unpaired) electrons. The quantitative estimate of drug-likeness (QED) is 0.365. The van der Waals surface area contributed by atoms with Crippen LogP contribution in [0, 0.1) is 11.3 Å². The molecule has 188 valence electrons. The Bertz CT molecular complexity index is 1000. The van der Waals surface area contributed by atoms with Crippen molar-refractivity contribution in [3.05, 3.63) is 102 Å². The van der Waals surface area contributed by atoms with E-state index >= 15 is 0 Å². The molecule has 0 aliphatic rings. The summed E-state index contributed by atoms with van der Waals surface area (Å²) in [6.45, 7) is 5.54. The van der Waals surface area contributed by atoms with E-state index < -0.39 is 6.10 Å². The zero-order chi connectivity index (χ0) is 23.7. The minimum Gasteiger partial charge on any atom is -0.489 e. The van der Waals surface area contributed by atoms with E-state index in [-0.39, 0.29) is 43.0 Å². The SMILES string of the molecule is CN(CC(C)(C)NCC(O)COc1ccccc1C#N)C(c1ccccc1)c1ccccc1.Cl.Cl. The highest BCUT2D eigenvalue weighted by Crippen LogP contribution is 2.28. The molecule has 2 N–H and O–H groups in total. The number of likely N-dealkylation sites (N-methyl/N-ethyl adjacent to an activating group) is 1. The van der Waals surface area contributed by atoms with Crippen molar-refractivity contribution < 1.29 is 9.84 Å². The Morgan fingerprint density at radius 1 is 0.914 bits per heavy atom. The standard InChI is InChI=1S/C28H33N3O2.2ClH/c1-28(2,30-19-25(32)20-33-26-17-11-10-16-24(26)18-29)21-31(3)27(22-12-6-4-7-13-22)23-14-8-5-9-15-23;;/h4-17,25,27,30,32H,19-21H2,1-3H3;2*1H. The molecule has 1 atom stereocenters. The van der Waals surface area contributed by atoms with Crippen LogP contribution in [-0.2, 0) is 0 Å². The summed E-state index contributed by atoms with van der Waals surface area (Å²) < 4.78 is 5.67. The predicted octanol–water partition coefficient (Wildman–Crippen LogP) is 5.23. The van der Waals surface area contributed by atoms with Crippen LogP contribution in [-0.4, -0.2) is 48.4 Å². The number of ether oxygens (including phenoxy) is 1. The molecule has 35 heavy (non-hydrogen) atoms. The highest BCUT2D eigenvalue weighted by atomic mass is 35.5. The summed E-state index contributed by atoms with van der Waals surface area (Å²) in [6, 6.07) is 30.3. The first kappa shape index (κ1) is 30.4. The summed E-state index contributed by atoms with van der Waals surface area (Å²) >= 11 is 0. The normalized spacial score (nSPS) is 11.8. The first-order valence-corrected chi connectivity index (χ1v) is 11.2. The summed E-state index contributed by atoms with van der Waals surface area (Å²) in [6.07, 6.45) is -0.694. The highest BCUT2D eigenvalue weighted by molar-refractivity contribution is 5.85. The third-order valence-electron chi connectivity index (χ3n) is 5.57. The maximum Gasteiger partial charge on any atom is 0.137 e. The molecular formula is C28H35Cl2N3O2. The molecule has 1 unspecified atom stereocenters. The fraction of sp³-hybridized carbons (Fsp3) is 0.321. The van der Waals surface area contributed by atoms with E-state index in [0.717, 1.165) is 6.54 Å². The van der Waals surface area contributed by atoms with Crippen molar-refractivity contribution in [2.45, 2.75) is 31.5 Å². The number of para-hydroxylation sites is 1.